The highest BCUT2D eigenvalue weighted by Crippen LogP contribution is 2.41. The number of likely N-dealkylation sites (tertiary alicyclic amines) is 1. The number of nitrogens with one attached hydrogen (secondary N) is 1. The second kappa shape index (κ2) is 11.5. The van der Waals surface area contributed by atoms with E-state index in [9.17, 15) is 19.1 Å². The zero-order valence-corrected chi connectivity index (χ0v) is 20.6. The molecule has 2 aliphatic heterocycles. The Morgan fingerprint density at radius 2 is 1.86 bits per heavy atom. The fraction of sp³-hybridized carbons (Fsp3) is 0.407. The maximum Gasteiger partial charge on any atom is 0.295 e. The number of morpholine rings is 1. The molecule has 1 amide bonds. The number of hydrogen-bond donors (Lipinski definition) is 1. The molecule has 2 aromatic rings. The van der Waals surface area contributed by atoms with Gasteiger partial charge in [0.05, 0.1) is 46.1 Å². The first-order valence-electron chi connectivity index (χ1n) is 12.2. The van der Waals surface area contributed by atoms with E-state index in [4.69, 9.17) is 14.2 Å². The fourth-order valence-corrected chi connectivity index (χ4v) is 4.58. The van der Waals surface area contributed by atoms with Gasteiger partial charge in [-0.2, -0.15) is 0 Å². The van der Waals surface area contributed by atoms with Crippen molar-refractivity contribution in [3.63, 3.8) is 0 Å². The van der Waals surface area contributed by atoms with Gasteiger partial charge in [0, 0.05) is 5.57 Å². The number of Topliss-reactive ketones (excluding diaryl/α,β-unsaturated/α-hetero) is 1. The van der Waals surface area contributed by atoms with Crippen molar-refractivity contribution in [1.82, 2.24) is 4.90 Å². The number of halogens is 1. The number of nitrogens with zero attached hydrogens (tertiary/aromatic N) is 1. The van der Waals surface area contributed by atoms with Gasteiger partial charge in [0.15, 0.2) is 11.5 Å². The molecule has 0 radical (unpaired) electrons. The molecule has 0 aliphatic carbocycles. The van der Waals surface area contributed by atoms with Gasteiger partial charge in [-0.15, -0.1) is 0 Å². The van der Waals surface area contributed by atoms with Gasteiger partial charge in [0.2, 0.25) is 5.78 Å². The maximum absolute atomic E-state index is 13.5. The number of amides is 1. The summed E-state index contributed by atoms with van der Waals surface area (Å²) < 4.78 is 30.1. The molecular formula is C27H31FN2O6. The molecule has 192 valence electrons. The van der Waals surface area contributed by atoms with E-state index in [1.807, 2.05) is 6.92 Å². The van der Waals surface area contributed by atoms with Gasteiger partial charge in [0.25, 0.3) is 5.91 Å². The molecule has 2 saturated heterocycles. The van der Waals surface area contributed by atoms with Crippen LogP contribution >= 0.6 is 0 Å². The van der Waals surface area contributed by atoms with Crippen LogP contribution in [-0.4, -0.2) is 69.7 Å². The third-order valence-electron chi connectivity index (χ3n) is 6.51. The SMILES string of the molecule is CCCOc1ccc(C2C(=C([O-])c3ccc(F)cc3)C(=O)C(=O)N2CC[NH+]2CCOCC2)cc1OC. The summed E-state index contributed by atoms with van der Waals surface area (Å²) in [5.74, 6) is -1.66. The smallest absolute Gasteiger partial charge is 0.295 e. The lowest BCUT2D eigenvalue weighted by Gasteiger charge is -2.30. The first kappa shape index (κ1) is 25.7. The number of carbonyl (C=O) groups is 2. The first-order chi connectivity index (χ1) is 17.4. The predicted molar refractivity (Wildman–Crippen MR) is 128 cm³/mol. The van der Waals surface area contributed by atoms with Gasteiger partial charge in [-0.05, 0) is 41.8 Å². The van der Waals surface area contributed by atoms with E-state index in [2.05, 4.69) is 0 Å². The minimum Gasteiger partial charge on any atom is -0.872 e. The van der Waals surface area contributed by atoms with Crippen LogP contribution in [0.2, 0.25) is 0 Å². The molecule has 0 saturated carbocycles. The monoisotopic (exact) mass is 498 g/mol. The maximum atomic E-state index is 13.5. The van der Waals surface area contributed by atoms with Crippen molar-refractivity contribution < 1.29 is 38.2 Å². The lowest BCUT2D eigenvalue weighted by molar-refractivity contribution is -0.907. The third kappa shape index (κ3) is 5.37. The molecule has 0 aromatic heterocycles. The van der Waals surface area contributed by atoms with Crippen LogP contribution in [0.3, 0.4) is 0 Å². The number of ether oxygens (including phenoxy) is 3. The molecule has 1 atom stereocenters. The average molecular weight is 499 g/mol. The summed E-state index contributed by atoms with van der Waals surface area (Å²) in [6, 6.07) is 9.24. The standard InChI is InChI=1S/C27H31FN2O6/c1-3-14-36-21-9-6-19(17-22(21)34-2)24-23(25(31)18-4-7-20(28)8-5-18)26(32)27(33)30(24)11-10-29-12-15-35-16-13-29/h4-9,17,24,31H,3,10-16H2,1-2H3. The first-order valence-corrected chi connectivity index (χ1v) is 12.2. The minimum atomic E-state index is -0.892. The van der Waals surface area contributed by atoms with Gasteiger partial charge in [0.1, 0.15) is 18.9 Å². The summed E-state index contributed by atoms with van der Waals surface area (Å²) >= 11 is 0. The van der Waals surface area contributed by atoms with Gasteiger partial charge in [-0.3, -0.25) is 9.59 Å². The van der Waals surface area contributed by atoms with Crippen LogP contribution in [0.5, 0.6) is 11.5 Å². The largest absolute Gasteiger partial charge is 0.872 e. The molecule has 4 rings (SSSR count). The van der Waals surface area contributed by atoms with E-state index in [1.165, 1.54) is 29.0 Å². The Kier molecular flexibility index (Phi) is 8.22. The molecule has 36 heavy (non-hydrogen) atoms. The van der Waals surface area contributed by atoms with Crippen molar-refractivity contribution in [3.8, 4) is 11.5 Å². The molecule has 0 bridgehead atoms. The van der Waals surface area contributed by atoms with Crippen molar-refractivity contribution in [2.75, 3.05) is 53.1 Å². The number of benzene rings is 2. The quantitative estimate of drug-likeness (QED) is 0.312. The fourth-order valence-electron chi connectivity index (χ4n) is 4.58. The van der Waals surface area contributed by atoms with Crippen molar-refractivity contribution in [3.05, 3.63) is 65.0 Å². The molecule has 2 aliphatic rings. The van der Waals surface area contributed by atoms with E-state index in [0.29, 0.717) is 50.0 Å². The molecule has 8 nitrogen and oxygen atoms in total. The van der Waals surface area contributed by atoms with Gasteiger partial charge >= 0.3 is 0 Å². The highest BCUT2D eigenvalue weighted by atomic mass is 19.1. The summed E-state index contributed by atoms with van der Waals surface area (Å²) in [6.07, 6.45) is 0.818. The van der Waals surface area contributed by atoms with Gasteiger partial charge in [-0.1, -0.05) is 30.9 Å². The van der Waals surface area contributed by atoms with E-state index < -0.39 is 29.3 Å². The highest BCUT2D eigenvalue weighted by molar-refractivity contribution is 6.46. The summed E-state index contributed by atoms with van der Waals surface area (Å²) in [5, 5.41) is 13.5. The Labute approximate surface area is 209 Å². The highest BCUT2D eigenvalue weighted by Gasteiger charge is 2.44. The van der Waals surface area contributed by atoms with E-state index >= 15 is 0 Å². The Balaban J connectivity index is 1.75. The number of hydrogen-bond acceptors (Lipinski definition) is 6. The van der Waals surface area contributed by atoms with Crippen molar-refractivity contribution in [1.29, 1.82) is 0 Å². The number of rotatable bonds is 9. The normalized spacial score (nSPS) is 20.1. The van der Waals surface area contributed by atoms with Crippen LogP contribution in [0.15, 0.2) is 48.0 Å². The van der Waals surface area contributed by atoms with Crippen LogP contribution < -0.4 is 19.5 Å². The molecule has 2 heterocycles. The van der Waals surface area contributed by atoms with Gasteiger partial charge in [-0.25, -0.2) is 4.39 Å². The number of quaternary nitrogens is 1. The van der Waals surface area contributed by atoms with Crippen molar-refractivity contribution >= 4 is 17.4 Å². The second-order valence-electron chi connectivity index (χ2n) is 8.85. The van der Waals surface area contributed by atoms with E-state index in [0.717, 1.165) is 31.6 Å². The van der Waals surface area contributed by atoms with E-state index in [1.54, 1.807) is 18.2 Å². The van der Waals surface area contributed by atoms with Crippen molar-refractivity contribution in [2.45, 2.75) is 19.4 Å². The zero-order chi connectivity index (χ0) is 25.7. The lowest BCUT2D eigenvalue weighted by Crippen LogP contribution is -3.14. The van der Waals surface area contributed by atoms with Crippen LogP contribution in [0.1, 0.15) is 30.5 Å². The average Bonchev–Trinajstić information content (AvgIpc) is 3.16. The zero-order valence-electron chi connectivity index (χ0n) is 20.6. The molecule has 1 N–H and O–H groups in total. The summed E-state index contributed by atoms with van der Waals surface area (Å²) in [4.78, 5) is 29.1. The molecule has 2 fully saturated rings. The second-order valence-corrected chi connectivity index (χ2v) is 8.85. The molecule has 0 spiro atoms. The Morgan fingerprint density at radius 1 is 1.14 bits per heavy atom. The van der Waals surface area contributed by atoms with Gasteiger partial charge < -0.3 is 29.1 Å². The third-order valence-corrected chi connectivity index (χ3v) is 6.51. The Hall–Kier alpha value is -3.43. The number of ketones is 1. The summed E-state index contributed by atoms with van der Waals surface area (Å²) in [6.45, 7) is 6.31. The Morgan fingerprint density at radius 3 is 2.53 bits per heavy atom. The molecular weight excluding hydrogens is 467 g/mol. The molecule has 1 unspecified atom stereocenters. The molecule has 2 aromatic carbocycles. The summed E-state index contributed by atoms with van der Waals surface area (Å²) in [7, 11) is 1.51. The number of methoxy groups -OCH3 is 1. The Bertz CT molecular complexity index is 1130. The molecule has 9 heteroatoms. The van der Waals surface area contributed by atoms with Crippen LogP contribution in [0, 0.1) is 5.82 Å². The van der Waals surface area contributed by atoms with Crippen LogP contribution in [0.4, 0.5) is 4.39 Å². The van der Waals surface area contributed by atoms with Crippen molar-refractivity contribution in [2.24, 2.45) is 0 Å². The predicted octanol–water partition coefficient (Wildman–Crippen LogP) is 0.762. The van der Waals surface area contributed by atoms with E-state index in [-0.39, 0.29) is 11.1 Å². The van der Waals surface area contributed by atoms with Crippen LogP contribution in [0.25, 0.3) is 5.76 Å². The lowest BCUT2D eigenvalue weighted by atomic mass is 9.95. The van der Waals surface area contributed by atoms with Crippen LogP contribution in [-0.2, 0) is 14.3 Å². The topological polar surface area (TPSA) is 92.6 Å². The summed E-state index contributed by atoms with van der Waals surface area (Å²) in [5.41, 5.74) is 0.568. The minimum absolute atomic E-state index is 0.145. The number of carbonyl (C=O) groups excluding carboxylic acids is 2.